The Kier molecular flexibility index (Phi) is 10.5. The van der Waals surface area contributed by atoms with Crippen molar-refractivity contribution < 1.29 is 0 Å². The summed E-state index contributed by atoms with van der Waals surface area (Å²) in [5, 5.41) is 0. The maximum atomic E-state index is 2.32. The van der Waals surface area contributed by atoms with Gasteiger partial charge >= 0.3 is 0 Å². The fraction of sp³-hybridized carbons (Fsp3) is 1.00. The van der Waals surface area contributed by atoms with E-state index in [0.717, 1.165) is 5.66 Å². The minimum atomic E-state index is 1.10. The van der Waals surface area contributed by atoms with Gasteiger partial charge in [0.25, 0.3) is 0 Å². The van der Waals surface area contributed by atoms with E-state index in [2.05, 4.69) is 6.92 Å². The third-order valence-electron chi connectivity index (χ3n) is 4.07. The smallest absolute Gasteiger partial charge is 0.0237 e. The maximum Gasteiger partial charge on any atom is -0.0237 e. The minimum Gasteiger partial charge on any atom is -0.119 e. The maximum absolute atomic E-state index is 2.32. The van der Waals surface area contributed by atoms with Crippen LogP contribution in [0.2, 0.25) is 0 Å². The van der Waals surface area contributed by atoms with Gasteiger partial charge in [-0.3, -0.25) is 0 Å². The summed E-state index contributed by atoms with van der Waals surface area (Å²) in [6.07, 6.45) is 21.0. The number of hydrogen-bond donors (Lipinski definition) is 0. The van der Waals surface area contributed by atoms with Crippen LogP contribution < -0.4 is 0 Å². The zero-order valence-corrected chi connectivity index (χ0v) is 13.0. The lowest BCUT2D eigenvalue weighted by Gasteiger charge is -2.17. The monoisotopic (exact) mass is 256 g/mol. The quantitative estimate of drug-likeness (QED) is 0.419. The highest BCUT2D eigenvalue weighted by molar-refractivity contribution is 7.38. The molecule has 1 heteroatoms. The zero-order chi connectivity index (χ0) is 12.2. The highest BCUT2D eigenvalue weighted by Crippen LogP contribution is 2.30. The Balaban J connectivity index is 2.17. The van der Waals surface area contributed by atoms with Crippen molar-refractivity contribution >= 4 is 8.58 Å². The van der Waals surface area contributed by atoms with E-state index in [9.17, 15) is 0 Å². The van der Waals surface area contributed by atoms with Crippen LogP contribution in [0, 0.1) is 0 Å². The van der Waals surface area contributed by atoms with Gasteiger partial charge in [-0.15, -0.1) is 8.58 Å². The summed E-state index contributed by atoms with van der Waals surface area (Å²) in [6.45, 7) is 2.32. The van der Waals surface area contributed by atoms with Crippen molar-refractivity contribution in [1.82, 2.24) is 0 Å². The van der Waals surface area contributed by atoms with Gasteiger partial charge in [0.15, 0.2) is 0 Å². The number of hydrogen-bond acceptors (Lipinski definition) is 0. The molecule has 1 fully saturated rings. The molecule has 17 heavy (non-hydrogen) atoms. The Morgan fingerprint density at radius 2 is 1.24 bits per heavy atom. The van der Waals surface area contributed by atoms with Gasteiger partial charge in [-0.05, 0) is 31.1 Å². The minimum absolute atomic E-state index is 1.10. The van der Waals surface area contributed by atoms with Crippen LogP contribution in [-0.2, 0) is 0 Å². The third-order valence-corrected chi connectivity index (χ3v) is 5.87. The molecule has 0 radical (unpaired) electrons. The highest BCUT2D eigenvalue weighted by atomic mass is 31.1. The Hall–Kier alpha value is 0.430. The van der Waals surface area contributed by atoms with Gasteiger partial charge in [-0.2, -0.15) is 0 Å². The topological polar surface area (TPSA) is 0 Å². The van der Waals surface area contributed by atoms with Crippen molar-refractivity contribution in [2.75, 3.05) is 6.16 Å². The molecule has 0 bridgehead atoms. The molecule has 1 atom stereocenters. The van der Waals surface area contributed by atoms with E-state index in [1.165, 1.54) is 85.4 Å². The molecular formula is C16H33P. The average Bonchev–Trinajstić information content (AvgIpc) is 2.32. The molecule has 0 heterocycles. The summed E-state index contributed by atoms with van der Waals surface area (Å²) in [5.41, 5.74) is 1.10. The van der Waals surface area contributed by atoms with E-state index in [1.54, 1.807) is 12.8 Å². The lowest BCUT2D eigenvalue weighted by molar-refractivity contribution is 0.508. The second-order valence-electron chi connectivity index (χ2n) is 5.76. The molecular weight excluding hydrogens is 223 g/mol. The molecule has 1 saturated carbocycles. The van der Waals surface area contributed by atoms with Crippen LogP contribution in [0.1, 0.15) is 90.4 Å². The second kappa shape index (κ2) is 11.5. The van der Waals surface area contributed by atoms with Crippen molar-refractivity contribution in [3.8, 4) is 0 Å². The summed E-state index contributed by atoms with van der Waals surface area (Å²) in [7, 11) is 1.27. The summed E-state index contributed by atoms with van der Waals surface area (Å²) in [5.74, 6) is 0. The molecule has 1 unspecified atom stereocenters. The number of unbranched alkanes of at least 4 members (excludes halogenated alkanes) is 1. The highest BCUT2D eigenvalue weighted by Gasteiger charge is 2.08. The van der Waals surface area contributed by atoms with Crippen LogP contribution >= 0.6 is 8.58 Å². The van der Waals surface area contributed by atoms with E-state index in [0.29, 0.717) is 0 Å². The van der Waals surface area contributed by atoms with Gasteiger partial charge in [-0.1, -0.05) is 71.1 Å². The van der Waals surface area contributed by atoms with Gasteiger partial charge in [0, 0.05) is 0 Å². The molecule has 0 spiro atoms. The summed E-state index contributed by atoms with van der Waals surface area (Å²) in [4.78, 5) is 0. The molecule has 0 amide bonds. The van der Waals surface area contributed by atoms with Crippen molar-refractivity contribution in [3.05, 3.63) is 0 Å². The number of rotatable bonds is 4. The standard InChI is InChI=1S/C16H33P/c1-2-3-15-17-16-13-11-9-7-5-4-6-8-10-12-14-16/h16-17H,2-15H2,1H3. The molecule has 0 aromatic rings. The molecule has 0 aliphatic heterocycles. The molecule has 1 rings (SSSR count). The average molecular weight is 256 g/mol. The molecule has 1 aliphatic carbocycles. The van der Waals surface area contributed by atoms with E-state index in [-0.39, 0.29) is 0 Å². The Labute approximate surface area is 111 Å². The van der Waals surface area contributed by atoms with Crippen LogP contribution in [0.4, 0.5) is 0 Å². The van der Waals surface area contributed by atoms with E-state index in [4.69, 9.17) is 0 Å². The van der Waals surface area contributed by atoms with Crippen molar-refractivity contribution in [2.24, 2.45) is 0 Å². The van der Waals surface area contributed by atoms with Gasteiger partial charge in [0.1, 0.15) is 0 Å². The molecule has 0 aromatic heterocycles. The van der Waals surface area contributed by atoms with Crippen LogP contribution in [0.15, 0.2) is 0 Å². The van der Waals surface area contributed by atoms with Crippen LogP contribution in [0.25, 0.3) is 0 Å². The SMILES string of the molecule is CCCCPC1CCCCCCCCCCC1. The zero-order valence-electron chi connectivity index (χ0n) is 12.0. The lowest BCUT2D eigenvalue weighted by Crippen LogP contribution is -2.03. The first kappa shape index (κ1) is 15.5. The molecule has 0 aromatic carbocycles. The Morgan fingerprint density at radius 3 is 1.71 bits per heavy atom. The van der Waals surface area contributed by atoms with E-state index < -0.39 is 0 Å². The molecule has 0 N–H and O–H groups in total. The first-order chi connectivity index (χ1) is 8.43. The van der Waals surface area contributed by atoms with Crippen LogP contribution in [0.3, 0.4) is 0 Å². The lowest BCUT2D eigenvalue weighted by atomic mass is 10.0. The van der Waals surface area contributed by atoms with E-state index in [1.807, 2.05) is 0 Å². The summed E-state index contributed by atoms with van der Waals surface area (Å²) >= 11 is 0. The first-order valence-corrected chi connectivity index (χ1v) is 9.45. The molecule has 0 nitrogen and oxygen atoms in total. The van der Waals surface area contributed by atoms with Crippen molar-refractivity contribution in [1.29, 1.82) is 0 Å². The summed E-state index contributed by atoms with van der Waals surface area (Å²) < 4.78 is 0. The van der Waals surface area contributed by atoms with Crippen LogP contribution in [0.5, 0.6) is 0 Å². The van der Waals surface area contributed by atoms with Crippen molar-refractivity contribution in [3.63, 3.8) is 0 Å². The predicted octanol–water partition coefficient (Wildman–Crippen LogP) is 6.14. The normalized spacial score (nSPS) is 22.4. The molecule has 102 valence electrons. The van der Waals surface area contributed by atoms with Gasteiger partial charge in [-0.25, -0.2) is 0 Å². The van der Waals surface area contributed by atoms with Crippen molar-refractivity contribution in [2.45, 2.75) is 96.1 Å². The van der Waals surface area contributed by atoms with Gasteiger partial charge in [0.05, 0.1) is 0 Å². The predicted molar refractivity (Wildman–Crippen MR) is 82.7 cm³/mol. The molecule has 1 aliphatic rings. The Morgan fingerprint density at radius 1 is 0.765 bits per heavy atom. The first-order valence-electron chi connectivity index (χ1n) is 8.17. The largest absolute Gasteiger partial charge is 0.119 e. The molecule has 0 saturated heterocycles. The van der Waals surface area contributed by atoms with Crippen LogP contribution in [-0.4, -0.2) is 11.8 Å². The Bertz CT molecular complexity index is 144. The van der Waals surface area contributed by atoms with Gasteiger partial charge in [0.2, 0.25) is 0 Å². The third kappa shape index (κ3) is 9.06. The van der Waals surface area contributed by atoms with Gasteiger partial charge < -0.3 is 0 Å². The van der Waals surface area contributed by atoms with E-state index >= 15 is 0 Å². The second-order valence-corrected chi connectivity index (χ2v) is 7.49. The fourth-order valence-electron chi connectivity index (χ4n) is 2.85. The summed E-state index contributed by atoms with van der Waals surface area (Å²) in [6, 6.07) is 0. The fourth-order valence-corrected chi connectivity index (χ4v) is 4.63.